The summed E-state index contributed by atoms with van der Waals surface area (Å²) in [6.07, 6.45) is 0.726. The number of benzene rings is 2. The molecule has 34 heavy (non-hydrogen) atoms. The lowest BCUT2D eigenvalue weighted by Gasteiger charge is -2.26. The third-order valence-corrected chi connectivity index (χ3v) is 5.97. The van der Waals surface area contributed by atoms with E-state index in [-0.39, 0.29) is 11.3 Å². The number of amides is 1. The summed E-state index contributed by atoms with van der Waals surface area (Å²) in [5.74, 6) is -0.256. The molecule has 1 amide bonds. The van der Waals surface area contributed by atoms with E-state index < -0.39 is 17.7 Å². The maximum atomic E-state index is 13.2. The Morgan fingerprint density at radius 2 is 1.76 bits per heavy atom. The van der Waals surface area contributed by atoms with Crippen LogP contribution in [0.1, 0.15) is 48.6 Å². The van der Waals surface area contributed by atoms with Crippen molar-refractivity contribution in [1.29, 1.82) is 0 Å². The molecule has 6 heteroatoms. The Hall–Kier alpha value is -3.12. The van der Waals surface area contributed by atoms with Crippen LogP contribution in [-0.4, -0.2) is 60.4 Å². The number of Topliss-reactive ketones (excluding diaryl/α,β-unsaturated/α-hetero) is 1. The second-order valence-electron chi connectivity index (χ2n) is 9.74. The third kappa shape index (κ3) is 5.68. The third-order valence-electron chi connectivity index (χ3n) is 5.97. The van der Waals surface area contributed by atoms with Crippen LogP contribution in [0.25, 0.3) is 5.76 Å². The molecule has 0 unspecified atom stereocenters. The van der Waals surface area contributed by atoms with Crippen molar-refractivity contribution in [3.05, 3.63) is 70.3 Å². The first-order valence-electron chi connectivity index (χ1n) is 11.8. The monoisotopic (exact) mass is 464 g/mol. The van der Waals surface area contributed by atoms with Crippen molar-refractivity contribution in [1.82, 2.24) is 9.80 Å². The number of carbonyl (C=O) groups excluding carboxylic acids is 2. The number of carbonyl (C=O) groups is 2. The zero-order chi connectivity index (χ0) is 25.0. The minimum Gasteiger partial charge on any atom is -0.507 e. The molecule has 2 aromatic rings. The number of rotatable bonds is 9. The number of ketones is 1. The Morgan fingerprint density at radius 1 is 1.09 bits per heavy atom. The quantitative estimate of drug-likeness (QED) is 0.331. The van der Waals surface area contributed by atoms with E-state index in [4.69, 9.17) is 4.74 Å². The summed E-state index contributed by atoms with van der Waals surface area (Å²) in [4.78, 5) is 29.9. The molecule has 1 aliphatic rings. The predicted octanol–water partition coefficient (Wildman–Crippen LogP) is 4.71. The Balaban J connectivity index is 2.04. The minimum atomic E-state index is -0.646. The van der Waals surface area contributed by atoms with Crippen molar-refractivity contribution in [2.24, 2.45) is 5.92 Å². The van der Waals surface area contributed by atoms with Crippen molar-refractivity contribution >= 4 is 17.4 Å². The Labute approximate surface area is 202 Å². The van der Waals surface area contributed by atoms with Gasteiger partial charge in [-0.15, -0.1) is 0 Å². The first-order chi connectivity index (χ1) is 16.1. The molecule has 6 nitrogen and oxygen atoms in total. The van der Waals surface area contributed by atoms with Crippen LogP contribution in [-0.2, 0) is 9.59 Å². The lowest BCUT2D eigenvalue weighted by atomic mass is 9.93. The van der Waals surface area contributed by atoms with Gasteiger partial charge in [0.2, 0.25) is 0 Å². The van der Waals surface area contributed by atoms with Crippen LogP contribution in [0.4, 0.5) is 0 Å². The van der Waals surface area contributed by atoms with Crippen LogP contribution in [0.5, 0.6) is 5.75 Å². The number of aliphatic hydroxyl groups excluding tert-OH is 1. The summed E-state index contributed by atoms with van der Waals surface area (Å²) < 4.78 is 5.80. The van der Waals surface area contributed by atoms with E-state index in [1.807, 2.05) is 63.2 Å². The molecule has 0 bridgehead atoms. The average Bonchev–Trinajstić information content (AvgIpc) is 3.02. The fraction of sp³-hybridized carbons (Fsp3) is 0.429. The van der Waals surface area contributed by atoms with E-state index in [2.05, 4.69) is 13.8 Å². The smallest absolute Gasteiger partial charge is 0.295 e. The Morgan fingerprint density at radius 3 is 2.35 bits per heavy atom. The van der Waals surface area contributed by atoms with Gasteiger partial charge in [-0.3, -0.25) is 9.59 Å². The van der Waals surface area contributed by atoms with E-state index in [0.29, 0.717) is 30.4 Å². The van der Waals surface area contributed by atoms with Crippen molar-refractivity contribution in [3.8, 4) is 5.75 Å². The fourth-order valence-corrected chi connectivity index (χ4v) is 4.16. The average molecular weight is 465 g/mol. The van der Waals surface area contributed by atoms with Crippen molar-refractivity contribution in [2.75, 3.05) is 33.8 Å². The van der Waals surface area contributed by atoms with Gasteiger partial charge in [-0.1, -0.05) is 43.7 Å². The largest absolute Gasteiger partial charge is 0.507 e. The van der Waals surface area contributed by atoms with Crippen LogP contribution >= 0.6 is 0 Å². The summed E-state index contributed by atoms with van der Waals surface area (Å²) in [6, 6.07) is 12.5. The van der Waals surface area contributed by atoms with E-state index in [1.165, 1.54) is 0 Å². The normalized spacial score (nSPS) is 17.8. The summed E-state index contributed by atoms with van der Waals surface area (Å²) in [6.45, 7) is 9.83. The standard InChI is InChI=1S/C28H36N2O4/c1-18(2)17-34-22-12-13-23(20(4)16-22)26(31)24-25(21-10-8-19(3)9-11-21)30(28(33)27(24)32)15-7-14-29(5)6/h8-13,16,18,25,31H,7,14-15,17H2,1-6H3/t25-/m1/s1. The second-order valence-corrected chi connectivity index (χ2v) is 9.74. The first kappa shape index (κ1) is 25.5. The van der Waals surface area contributed by atoms with Gasteiger partial charge in [0.15, 0.2) is 0 Å². The zero-order valence-corrected chi connectivity index (χ0v) is 21.1. The maximum absolute atomic E-state index is 13.2. The number of likely N-dealkylation sites (tertiary alicyclic amines) is 1. The molecule has 0 aliphatic carbocycles. The topological polar surface area (TPSA) is 70.1 Å². The highest BCUT2D eigenvalue weighted by Gasteiger charge is 2.45. The first-order valence-corrected chi connectivity index (χ1v) is 11.8. The van der Waals surface area contributed by atoms with Gasteiger partial charge in [-0.25, -0.2) is 0 Å². The highest BCUT2D eigenvalue weighted by Crippen LogP contribution is 2.40. The Kier molecular flexibility index (Phi) is 8.15. The number of aliphatic hydroxyl groups is 1. The molecule has 1 saturated heterocycles. The molecule has 0 spiro atoms. The summed E-state index contributed by atoms with van der Waals surface area (Å²) in [5, 5.41) is 11.3. The van der Waals surface area contributed by atoms with Gasteiger partial charge in [0.05, 0.1) is 18.2 Å². The number of nitrogens with zero attached hydrogens (tertiary/aromatic N) is 2. The summed E-state index contributed by atoms with van der Waals surface area (Å²) >= 11 is 0. The molecule has 0 aromatic heterocycles. The molecular weight excluding hydrogens is 428 g/mol. The van der Waals surface area contributed by atoms with Crippen LogP contribution in [0.15, 0.2) is 48.0 Å². The molecular formula is C28H36N2O4. The Bertz CT molecular complexity index is 1070. The maximum Gasteiger partial charge on any atom is 0.295 e. The van der Waals surface area contributed by atoms with Crippen LogP contribution in [0.3, 0.4) is 0 Å². The molecule has 1 aliphatic heterocycles. The number of ether oxygens (including phenoxy) is 1. The van der Waals surface area contributed by atoms with E-state index in [1.54, 1.807) is 17.0 Å². The minimum absolute atomic E-state index is 0.137. The highest BCUT2D eigenvalue weighted by atomic mass is 16.5. The van der Waals surface area contributed by atoms with Gasteiger partial charge in [-0.2, -0.15) is 0 Å². The molecule has 1 heterocycles. The molecule has 2 aromatic carbocycles. The van der Waals surface area contributed by atoms with Crippen molar-refractivity contribution < 1.29 is 19.4 Å². The molecule has 1 N–H and O–H groups in total. The number of hydrogen-bond acceptors (Lipinski definition) is 5. The fourth-order valence-electron chi connectivity index (χ4n) is 4.16. The molecule has 1 fully saturated rings. The van der Waals surface area contributed by atoms with Gasteiger partial charge in [-0.05, 0) is 76.2 Å². The highest BCUT2D eigenvalue weighted by molar-refractivity contribution is 6.46. The molecule has 3 rings (SSSR count). The van der Waals surface area contributed by atoms with Gasteiger partial charge in [0, 0.05) is 12.1 Å². The van der Waals surface area contributed by atoms with Crippen molar-refractivity contribution in [2.45, 2.75) is 40.2 Å². The van der Waals surface area contributed by atoms with E-state index in [0.717, 1.165) is 29.7 Å². The van der Waals surface area contributed by atoms with Crippen LogP contribution < -0.4 is 4.74 Å². The molecule has 1 atom stereocenters. The lowest BCUT2D eigenvalue weighted by molar-refractivity contribution is -0.139. The summed E-state index contributed by atoms with van der Waals surface area (Å²) in [5.41, 5.74) is 3.34. The summed E-state index contributed by atoms with van der Waals surface area (Å²) in [7, 11) is 3.95. The van der Waals surface area contributed by atoms with Gasteiger partial charge in [0.25, 0.3) is 11.7 Å². The SMILES string of the molecule is Cc1ccc([C@@H]2C(=C(O)c3ccc(OCC(C)C)cc3C)C(=O)C(=O)N2CCCN(C)C)cc1. The molecule has 182 valence electrons. The molecule has 0 radical (unpaired) electrons. The van der Waals surface area contributed by atoms with Gasteiger partial charge >= 0.3 is 0 Å². The predicted molar refractivity (Wildman–Crippen MR) is 135 cm³/mol. The number of aryl methyl sites for hydroxylation is 2. The van der Waals surface area contributed by atoms with Crippen molar-refractivity contribution in [3.63, 3.8) is 0 Å². The van der Waals surface area contributed by atoms with E-state index in [9.17, 15) is 14.7 Å². The molecule has 0 saturated carbocycles. The van der Waals surface area contributed by atoms with Gasteiger partial charge in [0.1, 0.15) is 11.5 Å². The van der Waals surface area contributed by atoms with Crippen LogP contribution in [0.2, 0.25) is 0 Å². The lowest BCUT2D eigenvalue weighted by Crippen LogP contribution is -2.32. The second kappa shape index (κ2) is 10.9. The van der Waals surface area contributed by atoms with Gasteiger partial charge < -0.3 is 19.6 Å². The van der Waals surface area contributed by atoms with Crippen LogP contribution in [0, 0.1) is 19.8 Å². The zero-order valence-electron chi connectivity index (χ0n) is 21.1. The van der Waals surface area contributed by atoms with E-state index >= 15 is 0 Å². The number of hydrogen-bond donors (Lipinski definition) is 1.